The number of unbranched alkanes of at least 4 members (excludes halogenated alkanes) is 5. The molecule has 16 heavy (non-hydrogen) atoms. The first-order valence-corrected chi connectivity index (χ1v) is 6.69. The molecule has 0 spiro atoms. The zero-order chi connectivity index (χ0) is 12.8. The minimum absolute atomic E-state index is 0.0430. The average molecular weight is 230 g/mol. The van der Waals surface area contributed by atoms with Gasteiger partial charge < -0.3 is 11.1 Å². The van der Waals surface area contributed by atoms with E-state index in [4.69, 9.17) is 5.73 Å². The highest BCUT2D eigenvalue weighted by molar-refractivity contribution is 5.81. The molecule has 0 rings (SSSR count). The molecule has 0 bridgehead atoms. The van der Waals surface area contributed by atoms with E-state index in [1.165, 1.54) is 32.1 Å². The molecule has 0 heterocycles. The molecule has 3 N–H and O–H groups in total. The average Bonchev–Trinajstić information content (AvgIpc) is 2.34. The lowest BCUT2D eigenvalue weighted by Crippen LogP contribution is -2.38. The SMILES string of the molecule is CC.CCCCCCCCC(N)C(=O)NC. The molecule has 0 aliphatic carbocycles. The number of carbonyl (C=O) groups is 1. The maximum Gasteiger partial charge on any atom is 0.236 e. The molecule has 0 aromatic rings. The van der Waals surface area contributed by atoms with Gasteiger partial charge in [0.15, 0.2) is 0 Å². The van der Waals surface area contributed by atoms with Crippen molar-refractivity contribution >= 4 is 5.91 Å². The van der Waals surface area contributed by atoms with Crippen LogP contribution in [-0.4, -0.2) is 19.0 Å². The van der Waals surface area contributed by atoms with Gasteiger partial charge in [-0.15, -0.1) is 0 Å². The fourth-order valence-corrected chi connectivity index (χ4v) is 1.46. The summed E-state index contributed by atoms with van der Waals surface area (Å²) in [5, 5.41) is 2.56. The number of hydrogen-bond acceptors (Lipinski definition) is 2. The molecule has 0 saturated heterocycles. The van der Waals surface area contributed by atoms with E-state index in [2.05, 4.69) is 12.2 Å². The summed E-state index contributed by atoms with van der Waals surface area (Å²) in [4.78, 5) is 11.0. The summed E-state index contributed by atoms with van der Waals surface area (Å²) in [5.41, 5.74) is 5.66. The molecule has 1 unspecified atom stereocenters. The van der Waals surface area contributed by atoms with E-state index in [9.17, 15) is 4.79 Å². The Kier molecular flexibility index (Phi) is 16.1. The standard InChI is InChI=1S/C11H24N2O.C2H6/c1-3-4-5-6-7-8-9-10(12)11(14)13-2;1-2/h10H,3-9,12H2,1-2H3,(H,13,14);1-2H3. The molecule has 98 valence electrons. The summed E-state index contributed by atoms with van der Waals surface area (Å²) in [6.07, 6.45) is 8.26. The Morgan fingerprint density at radius 1 is 1.12 bits per heavy atom. The number of likely N-dealkylation sites (N-methyl/N-ethyl adjacent to an activating group) is 1. The number of rotatable bonds is 8. The van der Waals surface area contributed by atoms with Gasteiger partial charge in [-0.3, -0.25) is 4.79 Å². The van der Waals surface area contributed by atoms with E-state index in [1.54, 1.807) is 7.05 Å². The second-order valence-corrected chi connectivity index (χ2v) is 3.78. The largest absolute Gasteiger partial charge is 0.358 e. The fourth-order valence-electron chi connectivity index (χ4n) is 1.46. The number of hydrogen-bond donors (Lipinski definition) is 2. The lowest BCUT2D eigenvalue weighted by molar-refractivity contribution is -0.122. The predicted molar refractivity (Wildman–Crippen MR) is 71.4 cm³/mol. The molecule has 0 fully saturated rings. The van der Waals surface area contributed by atoms with Crippen LogP contribution in [0.15, 0.2) is 0 Å². The minimum atomic E-state index is -0.314. The molecule has 3 nitrogen and oxygen atoms in total. The number of carbonyl (C=O) groups excluding carboxylic acids is 1. The van der Waals surface area contributed by atoms with Crippen molar-refractivity contribution in [3.63, 3.8) is 0 Å². The summed E-state index contributed by atoms with van der Waals surface area (Å²) in [6.45, 7) is 6.21. The molecular weight excluding hydrogens is 200 g/mol. The van der Waals surface area contributed by atoms with Gasteiger partial charge in [-0.2, -0.15) is 0 Å². The van der Waals surface area contributed by atoms with Crippen molar-refractivity contribution in [2.24, 2.45) is 5.73 Å². The van der Waals surface area contributed by atoms with Crippen molar-refractivity contribution in [1.29, 1.82) is 0 Å². The van der Waals surface area contributed by atoms with Crippen LogP contribution in [0.25, 0.3) is 0 Å². The molecular formula is C13H30N2O. The molecule has 0 aromatic heterocycles. The Hall–Kier alpha value is -0.570. The van der Waals surface area contributed by atoms with Crippen molar-refractivity contribution in [2.75, 3.05) is 7.05 Å². The van der Waals surface area contributed by atoms with Crippen LogP contribution in [0.3, 0.4) is 0 Å². The predicted octanol–water partition coefficient (Wildman–Crippen LogP) is 2.84. The fraction of sp³-hybridized carbons (Fsp3) is 0.923. The van der Waals surface area contributed by atoms with E-state index in [-0.39, 0.29) is 11.9 Å². The van der Waals surface area contributed by atoms with Crippen LogP contribution in [0.1, 0.15) is 65.7 Å². The second-order valence-electron chi connectivity index (χ2n) is 3.78. The molecule has 0 saturated carbocycles. The molecule has 0 aromatic carbocycles. The molecule has 0 aliphatic rings. The molecule has 0 aliphatic heterocycles. The monoisotopic (exact) mass is 230 g/mol. The van der Waals surface area contributed by atoms with Crippen LogP contribution in [0, 0.1) is 0 Å². The van der Waals surface area contributed by atoms with Gasteiger partial charge in [0.2, 0.25) is 5.91 Å². The van der Waals surface area contributed by atoms with Gasteiger partial charge >= 0.3 is 0 Å². The van der Waals surface area contributed by atoms with E-state index < -0.39 is 0 Å². The first-order chi connectivity index (χ1) is 7.72. The van der Waals surface area contributed by atoms with Crippen LogP contribution < -0.4 is 11.1 Å². The van der Waals surface area contributed by atoms with E-state index in [0.717, 1.165) is 12.8 Å². The minimum Gasteiger partial charge on any atom is -0.358 e. The first kappa shape index (κ1) is 17.8. The number of amides is 1. The maximum atomic E-state index is 11.0. The van der Waals surface area contributed by atoms with Crippen LogP contribution in [0.2, 0.25) is 0 Å². The van der Waals surface area contributed by atoms with Gasteiger partial charge in [-0.1, -0.05) is 59.3 Å². The van der Waals surface area contributed by atoms with Gasteiger partial charge in [-0.05, 0) is 6.42 Å². The Labute approximate surface area is 101 Å². The normalized spacial score (nSPS) is 11.3. The van der Waals surface area contributed by atoms with Gasteiger partial charge in [0.25, 0.3) is 0 Å². The topological polar surface area (TPSA) is 55.1 Å². The van der Waals surface area contributed by atoms with E-state index in [1.807, 2.05) is 13.8 Å². The zero-order valence-corrected chi connectivity index (χ0v) is 11.5. The highest BCUT2D eigenvalue weighted by Gasteiger charge is 2.09. The number of nitrogens with two attached hydrogens (primary N) is 1. The molecule has 0 radical (unpaired) electrons. The second kappa shape index (κ2) is 14.4. The summed E-state index contributed by atoms with van der Waals surface area (Å²) in [6, 6.07) is -0.314. The molecule has 1 amide bonds. The summed E-state index contributed by atoms with van der Waals surface area (Å²) >= 11 is 0. The Morgan fingerprint density at radius 2 is 1.62 bits per heavy atom. The van der Waals surface area contributed by atoms with Crippen LogP contribution in [-0.2, 0) is 4.79 Å². The van der Waals surface area contributed by atoms with E-state index in [0.29, 0.717) is 0 Å². The quantitative estimate of drug-likeness (QED) is 0.630. The van der Waals surface area contributed by atoms with Crippen molar-refractivity contribution in [3.05, 3.63) is 0 Å². The third kappa shape index (κ3) is 11.5. The van der Waals surface area contributed by atoms with Crippen molar-refractivity contribution < 1.29 is 4.79 Å². The summed E-state index contributed by atoms with van der Waals surface area (Å²) in [7, 11) is 1.63. The Morgan fingerprint density at radius 3 is 2.12 bits per heavy atom. The Bertz CT molecular complexity index is 149. The highest BCUT2D eigenvalue weighted by Crippen LogP contribution is 2.07. The maximum absolute atomic E-state index is 11.0. The van der Waals surface area contributed by atoms with Crippen molar-refractivity contribution in [3.8, 4) is 0 Å². The molecule has 3 heteroatoms. The third-order valence-electron chi connectivity index (χ3n) is 2.45. The third-order valence-corrected chi connectivity index (χ3v) is 2.45. The van der Waals surface area contributed by atoms with Crippen molar-refractivity contribution in [1.82, 2.24) is 5.32 Å². The number of nitrogens with one attached hydrogen (secondary N) is 1. The van der Waals surface area contributed by atoms with Gasteiger partial charge in [0.05, 0.1) is 6.04 Å². The van der Waals surface area contributed by atoms with E-state index >= 15 is 0 Å². The first-order valence-electron chi connectivity index (χ1n) is 6.69. The lowest BCUT2D eigenvalue weighted by atomic mass is 10.1. The lowest BCUT2D eigenvalue weighted by Gasteiger charge is -2.09. The van der Waals surface area contributed by atoms with Crippen LogP contribution in [0.4, 0.5) is 0 Å². The summed E-state index contributed by atoms with van der Waals surface area (Å²) < 4.78 is 0. The van der Waals surface area contributed by atoms with Crippen LogP contribution >= 0.6 is 0 Å². The smallest absolute Gasteiger partial charge is 0.236 e. The highest BCUT2D eigenvalue weighted by atomic mass is 16.2. The van der Waals surface area contributed by atoms with Gasteiger partial charge in [0.1, 0.15) is 0 Å². The Balaban J connectivity index is 0. The van der Waals surface area contributed by atoms with Gasteiger partial charge in [0, 0.05) is 7.05 Å². The van der Waals surface area contributed by atoms with Gasteiger partial charge in [-0.25, -0.2) is 0 Å². The van der Waals surface area contributed by atoms with Crippen molar-refractivity contribution in [2.45, 2.75) is 71.8 Å². The van der Waals surface area contributed by atoms with Crippen LogP contribution in [0.5, 0.6) is 0 Å². The molecule has 1 atom stereocenters. The zero-order valence-electron chi connectivity index (χ0n) is 11.5. The summed E-state index contributed by atoms with van der Waals surface area (Å²) in [5.74, 6) is -0.0430.